The third-order valence-corrected chi connectivity index (χ3v) is 4.12. The molecule has 0 bridgehead atoms. The Morgan fingerprint density at radius 2 is 1.56 bits per heavy atom. The van der Waals surface area contributed by atoms with Gasteiger partial charge in [0, 0.05) is 6.04 Å². The lowest BCUT2D eigenvalue weighted by atomic mass is 9.81. The zero-order valence-electron chi connectivity index (χ0n) is 11.8. The summed E-state index contributed by atoms with van der Waals surface area (Å²) in [5.41, 5.74) is 0. The first-order valence-corrected chi connectivity index (χ1v) is 7.35. The smallest absolute Gasteiger partial charge is 0.00412 e. The Bertz CT molecular complexity index is 168. The van der Waals surface area contributed by atoms with Gasteiger partial charge in [-0.25, -0.2) is 0 Å². The van der Waals surface area contributed by atoms with Gasteiger partial charge in [0.15, 0.2) is 0 Å². The second-order valence-electron chi connectivity index (χ2n) is 6.23. The van der Waals surface area contributed by atoms with Crippen molar-refractivity contribution in [2.24, 2.45) is 17.8 Å². The van der Waals surface area contributed by atoms with Crippen LogP contribution in [-0.2, 0) is 0 Å². The molecule has 96 valence electrons. The van der Waals surface area contributed by atoms with Crippen molar-refractivity contribution < 1.29 is 0 Å². The van der Waals surface area contributed by atoms with Crippen molar-refractivity contribution in [1.29, 1.82) is 0 Å². The number of hydrogen-bond donors (Lipinski definition) is 1. The van der Waals surface area contributed by atoms with E-state index in [1.165, 1.54) is 45.1 Å². The van der Waals surface area contributed by atoms with Gasteiger partial charge in [0.2, 0.25) is 0 Å². The molecule has 0 spiro atoms. The Hall–Kier alpha value is -0.0400. The van der Waals surface area contributed by atoms with E-state index in [0.717, 1.165) is 17.8 Å². The minimum atomic E-state index is 0.698. The molecule has 0 aliphatic heterocycles. The van der Waals surface area contributed by atoms with Crippen LogP contribution in [0, 0.1) is 17.8 Å². The Balaban J connectivity index is 2.10. The highest BCUT2D eigenvalue weighted by Crippen LogP contribution is 2.30. The number of hydrogen-bond acceptors (Lipinski definition) is 1. The zero-order chi connectivity index (χ0) is 12.0. The Morgan fingerprint density at radius 1 is 1.00 bits per heavy atom. The zero-order valence-corrected chi connectivity index (χ0v) is 11.8. The minimum absolute atomic E-state index is 0.698. The van der Waals surface area contributed by atoms with Crippen molar-refractivity contribution in [2.75, 3.05) is 6.54 Å². The van der Waals surface area contributed by atoms with Gasteiger partial charge in [-0.05, 0) is 50.5 Å². The van der Waals surface area contributed by atoms with E-state index in [9.17, 15) is 0 Å². The van der Waals surface area contributed by atoms with Crippen LogP contribution >= 0.6 is 0 Å². The summed E-state index contributed by atoms with van der Waals surface area (Å²) in [5, 5.41) is 3.72. The van der Waals surface area contributed by atoms with Crippen LogP contribution in [0.15, 0.2) is 0 Å². The Labute approximate surface area is 102 Å². The first-order valence-electron chi connectivity index (χ1n) is 7.35. The summed E-state index contributed by atoms with van der Waals surface area (Å²) in [6.07, 6.45) is 8.57. The van der Waals surface area contributed by atoms with Gasteiger partial charge in [-0.15, -0.1) is 0 Å². The number of rotatable bonds is 6. The van der Waals surface area contributed by atoms with E-state index in [1.54, 1.807) is 0 Å². The van der Waals surface area contributed by atoms with Crippen molar-refractivity contribution >= 4 is 0 Å². The molecule has 16 heavy (non-hydrogen) atoms. The van der Waals surface area contributed by atoms with E-state index >= 15 is 0 Å². The van der Waals surface area contributed by atoms with E-state index in [1.807, 2.05) is 0 Å². The third kappa shape index (κ3) is 5.34. The van der Waals surface area contributed by atoms with Crippen LogP contribution in [-0.4, -0.2) is 12.6 Å². The predicted molar refractivity (Wildman–Crippen MR) is 72.7 cm³/mol. The van der Waals surface area contributed by atoms with Gasteiger partial charge in [0.25, 0.3) is 0 Å². The highest BCUT2D eigenvalue weighted by molar-refractivity contribution is 4.74. The summed E-state index contributed by atoms with van der Waals surface area (Å²) >= 11 is 0. The van der Waals surface area contributed by atoms with Gasteiger partial charge in [0.1, 0.15) is 0 Å². The van der Waals surface area contributed by atoms with Crippen LogP contribution in [0.3, 0.4) is 0 Å². The monoisotopic (exact) mass is 225 g/mol. The molecule has 1 nitrogen and oxygen atoms in total. The molecule has 0 aromatic rings. The maximum atomic E-state index is 3.72. The van der Waals surface area contributed by atoms with Gasteiger partial charge in [-0.1, -0.05) is 40.0 Å². The van der Waals surface area contributed by atoms with Crippen LogP contribution in [0.25, 0.3) is 0 Å². The van der Waals surface area contributed by atoms with Crippen LogP contribution in [0.5, 0.6) is 0 Å². The number of nitrogens with one attached hydrogen (secondary N) is 1. The maximum Gasteiger partial charge on any atom is 0.00412 e. The fraction of sp³-hybridized carbons (Fsp3) is 1.00. The average molecular weight is 225 g/mol. The molecule has 0 heterocycles. The standard InChI is InChI=1S/C15H31N/c1-5-14-6-8-15(9-7-14)11-16-13(4)10-12(2)3/h12-16H,5-11H2,1-4H3. The summed E-state index contributed by atoms with van der Waals surface area (Å²) < 4.78 is 0. The van der Waals surface area contributed by atoms with E-state index < -0.39 is 0 Å². The summed E-state index contributed by atoms with van der Waals surface area (Å²) in [7, 11) is 0. The van der Waals surface area contributed by atoms with Crippen molar-refractivity contribution in [1.82, 2.24) is 5.32 Å². The molecule has 0 amide bonds. The molecule has 0 aromatic heterocycles. The van der Waals surface area contributed by atoms with E-state index in [4.69, 9.17) is 0 Å². The normalized spacial score (nSPS) is 28.3. The summed E-state index contributed by atoms with van der Waals surface area (Å²) in [4.78, 5) is 0. The molecule has 1 fully saturated rings. The molecule has 0 aromatic carbocycles. The van der Waals surface area contributed by atoms with Crippen LogP contribution in [0.2, 0.25) is 0 Å². The van der Waals surface area contributed by atoms with E-state index in [-0.39, 0.29) is 0 Å². The summed E-state index contributed by atoms with van der Waals surface area (Å²) in [6, 6.07) is 0.698. The topological polar surface area (TPSA) is 12.0 Å². The molecule has 1 N–H and O–H groups in total. The molecule has 1 aliphatic carbocycles. The minimum Gasteiger partial charge on any atom is -0.314 e. The molecular formula is C15H31N. The largest absolute Gasteiger partial charge is 0.314 e. The lowest BCUT2D eigenvalue weighted by Crippen LogP contribution is -2.33. The molecular weight excluding hydrogens is 194 g/mol. The van der Waals surface area contributed by atoms with E-state index in [2.05, 4.69) is 33.0 Å². The lowest BCUT2D eigenvalue weighted by molar-refractivity contribution is 0.254. The maximum absolute atomic E-state index is 3.72. The fourth-order valence-electron chi connectivity index (χ4n) is 3.00. The third-order valence-electron chi connectivity index (χ3n) is 4.12. The van der Waals surface area contributed by atoms with Crippen molar-refractivity contribution in [3.8, 4) is 0 Å². The quantitative estimate of drug-likeness (QED) is 0.713. The summed E-state index contributed by atoms with van der Waals surface area (Å²) in [6.45, 7) is 10.5. The first-order chi connectivity index (χ1) is 7.61. The molecule has 0 radical (unpaired) electrons. The van der Waals surface area contributed by atoms with Gasteiger partial charge in [0.05, 0.1) is 0 Å². The first kappa shape index (κ1) is 14.0. The fourth-order valence-corrected chi connectivity index (χ4v) is 3.00. The van der Waals surface area contributed by atoms with E-state index in [0.29, 0.717) is 6.04 Å². The Morgan fingerprint density at radius 3 is 2.06 bits per heavy atom. The van der Waals surface area contributed by atoms with Crippen LogP contribution in [0.4, 0.5) is 0 Å². The second-order valence-corrected chi connectivity index (χ2v) is 6.23. The van der Waals surface area contributed by atoms with Crippen LogP contribution in [0.1, 0.15) is 66.2 Å². The molecule has 1 heteroatoms. The van der Waals surface area contributed by atoms with Gasteiger partial charge >= 0.3 is 0 Å². The van der Waals surface area contributed by atoms with Crippen LogP contribution < -0.4 is 5.32 Å². The van der Waals surface area contributed by atoms with Crippen molar-refractivity contribution in [3.63, 3.8) is 0 Å². The molecule has 1 atom stereocenters. The van der Waals surface area contributed by atoms with Crippen molar-refractivity contribution in [2.45, 2.75) is 72.3 Å². The average Bonchev–Trinajstić information content (AvgIpc) is 2.26. The predicted octanol–water partition coefficient (Wildman–Crippen LogP) is 4.23. The van der Waals surface area contributed by atoms with Gasteiger partial charge < -0.3 is 5.32 Å². The molecule has 1 unspecified atom stereocenters. The molecule has 1 saturated carbocycles. The SMILES string of the molecule is CCC1CCC(CNC(C)CC(C)C)CC1. The molecule has 0 saturated heterocycles. The molecule has 1 aliphatic rings. The molecule has 1 rings (SSSR count). The summed E-state index contributed by atoms with van der Waals surface area (Å²) in [5.74, 6) is 2.81. The second kappa shape index (κ2) is 7.32. The Kier molecular flexibility index (Phi) is 6.41. The van der Waals surface area contributed by atoms with Gasteiger partial charge in [-0.2, -0.15) is 0 Å². The van der Waals surface area contributed by atoms with Crippen molar-refractivity contribution in [3.05, 3.63) is 0 Å². The highest BCUT2D eigenvalue weighted by atomic mass is 14.9. The lowest BCUT2D eigenvalue weighted by Gasteiger charge is -2.29. The van der Waals surface area contributed by atoms with Gasteiger partial charge in [-0.3, -0.25) is 0 Å². The highest BCUT2D eigenvalue weighted by Gasteiger charge is 2.20.